The average molecular weight is 340 g/mol. The maximum absolute atomic E-state index is 12.5. The number of likely N-dealkylation sites (tertiary alicyclic amines) is 1. The van der Waals surface area contributed by atoms with Gasteiger partial charge in [-0.3, -0.25) is 9.59 Å². The molecule has 5 rings (SSSR count). The quantitative estimate of drug-likeness (QED) is 0.846. The molecule has 0 unspecified atom stereocenters. The fraction of sp³-hybridized carbons (Fsp3) is 0.600. The molecule has 5 nitrogen and oxygen atoms in total. The van der Waals surface area contributed by atoms with Crippen molar-refractivity contribution in [2.45, 2.75) is 38.1 Å². The monoisotopic (exact) mass is 340 g/mol. The van der Waals surface area contributed by atoms with Crippen LogP contribution in [-0.2, 0) is 9.59 Å². The lowest BCUT2D eigenvalue weighted by molar-refractivity contribution is -0.149. The van der Waals surface area contributed by atoms with E-state index in [-0.39, 0.29) is 18.4 Å². The number of benzene rings is 1. The summed E-state index contributed by atoms with van der Waals surface area (Å²) in [7, 11) is 0. The Hall–Kier alpha value is -2.04. The third-order valence-electron chi connectivity index (χ3n) is 6.71. The van der Waals surface area contributed by atoms with Gasteiger partial charge in [0.15, 0.2) is 6.61 Å². The first-order valence-corrected chi connectivity index (χ1v) is 9.53. The number of carbonyl (C=O) groups is 2. The molecule has 2 aliphatic carbocycles. The highest BCUT2D eigenvalue weighted by Gasteiger charge is 2.57. The molecule has 2 bridgehead atoms. The van der Waals surface area contributed by atoms with Gasteiger partial charge in [-0.15, -0.1) is 0 Å². The molecule has 4 fully saturated rings. The molecule has 2 saturated carbocycles. The summed E-state index contributed by atoms with van der Waals surface area (Å²) in [4.78, 5) is 28.1. The third kappa shape index (κ3) is 2.43. The predicted octanol–water partition coefficient (Wildman–Crippen LogP) is 2.45. The lowest BCUT2D eigenvalue weighted by Crippen LogP contribution is -2.61. The number of hydrogen-bond donors (Lipinski definition) is 0. The largest absolute Gasteiger partial charge is 0.484 e. The summed E-state index contributed by atoms with van der Waals surface area (Å²) in [5.41, 5.74) is 0.911. The summed E-state index contributed by atoms with van der Waals surface area (Å²) in [6, 6.07) is 8.01. The van der Waals surface area contributed by atoms with Crippen molar-refractivity contribution in [2.24, 2.45) is 17.8 Å². The van der Waals surface area contributed by atoms with Crippen LogP contribution in [0.25, 0.3) is 0 Å². The lowest BCUT2D eigenvalue weighted by Gasteiger charge is -2.50. The number of rotatable bonds is 4. The topological polar surface area (TPSA) is 49.9 Å². The maximum Gasteiger partial charge on any atom is 0.260 e. The fourth-order valence-electron chi connectivity index (χ4n) is 5.47. The van der Waals surface area contributed by atoms with Gasteiger partial charge in [-0.05, 0) is 61.8 Å². The van der Waals surface area contributed by atoms with E-state index in [0.717, 1.165) is 43.0 Å². The summed E-state index contributed by atoms with van der Waals surface area (Å²) in [5.74, 6) is 3.37. The van der Waals surface area contributed by atoms with Crippen LogP contribution in [0.5, 0.6) is 5.75 Å². The second-order valence-corrected chi connectivity index (χ2v) is 7.97. The van der Waals surface area contributed by atoms with Crippen LogP contribution in [0.4, 0.5) is 5.69 Å². The zero-order valence-corrected chi connectivity index (χ0v) is 14.4. The molecule has 25 heavy (non-hydrogen) atoms. The summed E-state index contributed by atoms with van der Waals surface area (Å²) in [5, 5.41) is 0. The minimum atomic E-state index is 0.114. The van der Waals surface area contributed by atoms with Crippen LogP contribution in [0.2, 0.25) is 0 Å². The van der Waals surface area contributed by atoms with Gasteiger partial charge in [0.2, 0.25) is 5.91 Å². The van der Waals surface area contributed by atoms with Crippen molar-refractivity contribution >= 4 is 17.5 Å². The molecule has 0 spiro atoms. The SMILES string of the molecule is O=C1CCCN1c1ccc(OCC(=O)N2C[C@@H]3[C@H]4CC[C@@H](C4)[C@@H]32)cc1. The van der Waals surface area contributed by atoms with Gasteiger partial charge in [-0.1, -0.05) is 0 Å². The van der Waals surface area contributed by atoms with E-state index < -0.39 is 0 Å². The van der Waals surface area contributed by atoms with Crippen molar-refractivity contribution in [3.63, 3.8) is 0 Å². The number of amides is 2. The van der Waals surface area contributed by atoms with E-state index in [9.17, 15) is 9.59 Å². The van der Waals surface area contributed by atoms with Crippen LogP contribution in [0.15, 0.2) is 24.3 Å². The lowest BCUT2D eigenvalue weighted by atomic mass is 9.77. The molecule has 4 atom stereocenters. The van der Waals surface area contributed by atoms with E-state index >= 15 is 0 Å². The second-order valence-electron chi connectivity index (χ2n) is 7.97. The highest BCUT2D eigenvalue weighted by molar-refractivity contribution is 5.95. The first kappa shape index (κ1) is 15.2. The molecular formula is C20H24N2O3. The van der Waals surface area contributed by atoms with Crippen molar-refractivity contribution in [3.05, 3.63) is 24.3 Å². The van der Waals surface area contributed by atoms with Crippen molar-refractivity contribution in [2.75, 3.05) is 24.6 Å². The third-order valence-corrected chi connectivity index (χ3v) is 6.71. The molecule has 2 amide bonds. The standard InChI is InChI=1S/C20H24N2O3/c23-18-2-1-9-21(18)15-5-7-16(8-6-15)25-12-19(24)22-11-17-13-3-4-14(10-13)20(17)22/h5-8,13-14,17,20H,1-4,9-12H2/t13-,14-,17+,20-/m0/s1. The molecule has 0 N–H and O–H groups in total. The number of anilines is 1. The van der Waals surface area contributed by atoms with Gasteiger partial charge in [-0.2, -0.15) is 0 Å². The molecule has 5 heteroatoms. The Morgan fingerprint density at radius 3 is 2.68 bits per heavy atom. The molecular weight excluding hydrogens is 316 g/mol. The Morgan fingerprint density at radius 2 is 1.96 bits per heavy atom. The highest BCUT2D eigenvalue weighted by Crippen LogP contribution is 2.55. The molecule has 2 aliphatic heterocycles. The van der Waals surface area contributed by atoms with E-state index in [0.29, 0.717) is 18.2 Å². The number of nitrogens with zero attached hydrogens (tertiary/aromatic N) is 2. The maximum atomic E-state index is 12.5. The van der Waals surface area contributed by atoms with E-state index in [1.807, 2.05) is 34.1 Å². The Balaban J connectivity index is 1.16. The van der Waals surface area contributed by atoms with E-state index in [1.54, 1.807) is 0 Å². The zero-order chi connectivity index (χ0) is 17.0. The van der Waals surface area contributed by atoms with Crippen molar-refractivity contribution in [1.29, 1.82) is 0 Å². The normalized spacial score (nSPS) is 32.7. The van der Waals surface area contributed by atoms with Gasteiger partial charge in [0.1, 0.15) is 5.75 Å². The predicted molar refractivity (Wildman–Crippen MR) is 93.3 cm³/mol. The summed E-state index contributed by atoms with van der Waals surface area (Å²) in [6.07, 6.45) is 5.55. The molecule has 132 valence electrons. The van der Waals surface area contributed by atoms with Gasteiger partial charge in [0.25, 0.3) is 5.91 Å². The highest BCUT2D eigenvalue weighted by atomic mass is 16.5. The van der Waals surface area contributed by atoms with Gasteiger partial charge < -0.3 is 14.5 Å². The summed E-state index contributed by atoms with van der Waals surface area (Å²) < 4.78 is 5.70. The fourth-order valence-corrected chi connectivity index (χ4v) is 5.47. The van der Waals surface area contributed by atoms with Gasteiger partial charge in [0.05, 0.1) is 0 Å². The molecule has 4 aliphatic rings. The molecule has 2 heterocycles. The van der Waals surface area contributed by atoms with Crippen molar-refractivity contribution < 1.29 is 14.3 Å². The van der Waals surface area contributed by atoms with E-state index in [4.69, 9.17) is 4.74 Å². The van der Waals surface area contributed by atoms with Crippen molar-refractivity contribution in [1.82, 2.24) is 4.90 Å². The Bertz CT molecular complexity index is 699. The number of carbonyl (C=O) groups excluding carboxylic acids is 2. The molecule has 0 radical (unpaired) electrons. The van der Waals surface area contributed by atoms with E-state index in [2.05, 4.69) is 0 Å². The van der Waals surface area contributed by atoms with E-state index in [1.165, 1.54) is 19.3 Å². The van der Waals surface area contributed by atoms with Crippen molar-refractivity contribution in [3.8, 4) is 5.75 Å². The zero-order valence-electron chi connectivity index (χ0n) is 14.4. The van der Waals surface area contributed by atoms with Crippen LogP contribution in [0.3, 0.4) is 0 Å². The van der Waals surface area contributed by atoms with Crippen LogP contribution in [-0.4, -0.2) is 42.5 Å². The summed E-state index contributed by atoms with van der Waals surface area (Å²) >= 11 is 0. The molecule has 0 aromatic heterocycles. The average Bonchev–Trinajstić information content (AvgIpc) is 3.27. The number of fused-ring (bicyclic) bond motifs is 5. The van der Waals surface area contributed by atoms with Crippen LogP contribution in [0.1, 0.15) is 32.1 Å². The van der Waals surface area contributed by atoms with Gasteiger partial charge >= 0.3 is 0 Å². The Morgan fingerprint density at radius 1 is 1.16 bits per heavy atom. The summed E-state index contributed by atoms with van der Waals surface area (Å²) in [6.45, 7) is 1.84. The van der Waals surface area contributed by atoms with Crippen LogP contribution in [0, 0.1) is 17.8 Å². The molecule has 1 aromatic carbocycles. The first-order chi connectivity index (χ1) is 12.2. The smallest absolute Gasteiger partial charge is 0.260 e. The Labute approximate surface area is 147 Å². The number of ether oxygens (including phenoxy) is 1. The molecule has 2 saturated heterocycles. The number of hydrogen-bond acceptors (Lipinski definition) is 3. The first-order valence-electron chi connectivity index (χ1n) is 9.53. The second kappa shape index (κ2) is 5.75. The minimum absolute atomic E-state index is 0.114. The van der Waals surface area contributed by atoms with Gasteiger partial charge in [-0.25, -0.2) is 0 Å². The Kier molecular flexibility index (Phi) is 3.50. The minimum Gasteiger partial charge on any atom is -0.484 e. The van der Waals surface area contributed by atoms with Crippen LogP contribution >= 0.6 is 0 Å². The van der Waals surface area contributed by atoms with Crippen LogP contribution < -0.4 is 9.64 Å². The van der Waals surface area contributed by atoms with Gasteiger partial charge in [0, 0.05) is 37.2 Å². The molecule has 1 aromatic rings.